The van der Waals surface area contributed by atoms with E-state index in [2.05, 4.69) is 15.4 Å². The number of esters is 2. The molecule has 2 atom stereocenters. The van der Waals surface area contributed by atoms with Crippen LogP contribution in [0, 0.1) is 0 Å². The van der Waals surface area contributed by atoms with Crippen molar-refractivity contribution in [1.82, 2.24) is 10.6 Å². The van der Waals surface area contributed by atoms with Crippen LogP contribution < -0.4 is 10.6 Å². The van der Waals surface area contributed by atoms with Gasteiger partial charge < -0.3 is 30.0 Å². The molecular formula is C21H30N2O8. The Balaban J connectivity index is 2.62. The summed E-state index contributed by atoms with van der Waals surface area (Å²) < 4.78 is 14.8. The fraction of sp³-hybridized carbons (Fsp3) is 0.524. The van der Waals surface area contributed by atoms with Gasteiger partial charge in [-0.05, 0) is 32.8 Å². The predicted molar refractivity (Wildman–Crippen MR) is 110 cm³/mol. The van der Waals surface area contributed by atoms with Crippen molar-refractivity contribution in [1.29, 1.82) is 0 Å². The lowest BCUT2D eigenvalue weighted by Gasteiger charge is -2.22. The molecule has 1 rings (SSSR count). The van der Waals surface area contributed by atoms with Gasteiger partial charge in [-0.25, -0.2) is 9.59 Å². The summed E-state index contributed by atoms with van der Waals surface area (Å²) in [7, 11) is 1.14. The van der Waals surface area contributed by atoms with Gasteiger partial charge in [0.1, 0.15) is 24.3 Å². The molecule has 2 amide bonds. The number of hydrogen-bond acceptors (Lipinski definition) is 8. The highest BCUT2D eigenvalue weighted by molar-refractivity contribution is 5.90. The minimum absolute atomic E-state index is 0.0207. The molecule has 0 heterocycles. The van der Waals surface area contributed by atoms with Crippen LogP contribution in [0.25, 0.3) is 0 Å². The quantitative estimate of drug-likeness (QED) is 0.364. The summed E-state index contributed by atoms with van der Waals surface area (Å²) >= 11 is 0. The molecule has 10 nitrogen and oxygen atoms in total. The summed E-state index contributed by atoms with van der Waals surface area (Å²) in [6.45, 7) is 4.37. The summed E-state index contributed by atoms with van der Waals surface area (Å²) in [5, 5.41) is 14.1. The number of amides is 2. The number of hydrogen-bond donors (Lipinski definition) is 3. The lowest BCUT2D eigenvalue weighted by atomic mass is 10.1. The molecule has 0 fully saturated rings. The van der Waals surface area contributed by atoms with Gasteiger partial charge in [-0.3, -0.25) is 9.59 Å². The molecule has 0 spiro atoms. The number of carbonyl (C=O) groups is 4. The second-order valence-electron chi connectivity index (χ2n) is 7.65. The first-order valence-electron chi connectivity index (χ1n) is 9.74. The Labute approximate surface area is 181 Å². The first kappa shape index (κ1) is 25.9. The van der Waals surface area contributed by atoms with Crippen molar-refractivity contribution in [3.8, 4) is 0 Å². The van der Waals surface area contributed by atoms with Crippen molar-refractivity contribution in [3.63, 3.8) is 0 Å². The van der Waals surface area contributed by atoms with Crippen LogP contribution in [-0.2, 0) is 35.2 Å². The van der Waals surface area contributed by atoms with Crippen molar-refractivity contribution < 1.29 is 38.5 Å². The van der Waals surface area contributed by atoms with Crippen LogP contribution in [0.5, 0.6) is 0 Å². The van der Waals surface area contributed by atoms with Crippen LogP contribution >= 0.6 is 0 Å². The molecule has 0 saturated carbocycles. The number of nitrogens with one attached hydrogen (secondary N) is 2. The van der Waals surface area contributed by atoms with E-state index in [1.165, 1.54) is 0 Å². The fourth-order valence-corrected chi connectivity index (χ4v) is 2.42. The average Bonchev–Trinajstić information content (AvgIpc) is 2.72. The van der Waals surface area contributed by atoms with Crippen LogP contribution in [0.3, 0.4) is 0 Å². The van der Waals surface area contributed by atoms with E-state index < -0.39 is 48.2 Å². The number of ether oxygens (including phenoxy) is 3. The molecule has 1 aromatic carbocycles. The smallest absolute Gasteiger partial charge is 0.408 e. The zero-order chi connectivity index (χ0) is 23.4. The number of aliphatic hydroxyl groups excluding tert-OH is 1. The Morgan fingerprint density at radius 3 is 2.23 bits per heavy atom. The van der Waals surface area contributed by atoms with Crippen molar-refractivity contribution in [2.24, 2.45) is 0 Å². The average molecular weight is 438 g/mol. The van der Waals surface area contributed by atoms with Gasteiger partial charge in [0, 0.05) is 6.42 Å². The standard InChI is InChI=1S/C21H30N2O8/c1-21(2,3)31-17(25)11-10-15(19(27)29-4)22-18(26)16(12-24)23-20(28)30-13-14-8-6-5-7-9-14/h5-9,15-16,24H,10-13H2,1-4H3,(H,22,26)(H,23,28)/t15-,16+/m1/s1. The molecule has 172 valence electrons. The van der Waals surface area contributed by atoms with E-state index >= 15 is 0 Å². The number of methoxy groups -OCH3 is 1. The van der Waals surface area contributed by atoms with E-state index in [1.54, 1.807) is 45.0 Å². The highest BCUT2D eigenvalue weighted by Crippen LogP contribution is 2.11. The normalized spacial score (nSPS) is 12.8. The first-order chi connectivity index (χ1) is 14.6. The van der Waals surface area contributed by atoms with Gasteiger partial charge >= 0.3 is 18.0 Å². The summed E-state index contributed by atoms with van der Waals surface area (Å²) in [4.78, 5) is 48.2. The predicted octanol–water partition coefficient (Wildman–Crippen LogP) is 1.05. The zero-order valence-corrected chi connectivity index (χ0v) is 18.2. The Kier molecular flexibility index (Phi) is 10.5. The van der Waals surface area contributed by atoms with Crippen LogP contribution in [0.2, 0.25) is 0 Å². The summed E-state index contributed by atoms with van der Waals surface area (Å²) in [6, 6.07) is 6.37. The van der Waals surface area contributed by atoms with E-state index in [9.17, 15) is 24.3 Å². The maximum atomic E-state index is 12.4. The topological polar surface area (TPSA) is 140 Å². The lowest BCUT2D eigenvalue weighted by molar-refractivity contribution is -0.155. The molecule has 0 aromatic heterocycles. The minimum Gasteiger partial charge on any atom is -0.467 e. The Morgan fingerprint density at radius 1 is 1.03 bits per heavy atom. The fourth-order valence-electron chi connectivity index (χ4n) is 2.42. The van der Waals surface area contributed by atoms with E-state index in [0.29, 0.717) is 0 Å². The molecule has 0 aliphatic rings. The number of alkyl carbamates (subject to hydrolysis) is 1. The molecule has 0 bridgehead atoms. The molecule has 0 aliphatic carbocycles. The highest BCUT2D eigenvalue weighted by atomic mass is 16.6. The number of aliphatic hydroxyl groups is 1. The van der Waals surface area contributed by atoms with Gasteiger partial charge in [0.15, 0.2) is 0 Å². The monoisotopic (exact) mass is 438 g/mol. The molecule has 10 heteroatoms. The Hall–Kier alpha value is -3.14. The number of carbonyl (C=O) groups excluding carboxylic acids is 4. The summed E-state index contributed by atoms with van der Waals surface area (Å²) in [5.74, 6) is -2.16. The van der Waals surface area contributed by atoms with E-state index in [1.807, 2.05) is 6.07 Å². The van der Waals surface area contributed by atoms with Crippen molar-refractivity contribution in [3.05, 3.63) is 35.9 Å². The van der Waals surface area contributed by atoms with Gasteiger partial charge in [0.2, 0.25) is 5.91 Å². The van der Waals surface area contributed by atoms with Gasteiger partial charge in [-0.15, -0.1) is 0 Å². The second-order valence-corrected chi connectivity index (χ2v) is 7.65. The van der Waals surface area contributed by atoms with Crippen molar-refractivity contribution in [2.75, 3.05) is 13.7 Å². The third-order valence-corrected chi connectivity index (χ3v) is 3.86. The summed E-state index contributed by atoms with van der Waals surface area (Å²) in [6.07, 6.45) is -1.14. The van der Waals surface area contributed by atoms with Crippen LogP contribution in [0.15, 0.2) is 30.3 Å². The SMILES string of the molecule is COC(=O)[C@@H](CCC(=O)OC(C)(C)C)NC(=O)[C@H](CO)NC(=O)OCc1ccccc1. The van der Waals surface area contributed by atoms with Crippen molar-refractivity contribution >= 4 is 23.9 Å². The maximum Gasteiger partial charge on any atom is 0.408 e. The van der Waals surface area contributed by atoms with Crippen LogP contribution in [-0.4, -0.2) is 60.4 Å². The number of benzene rings is 1. The largest absolute Gasteiger partial charge is 0.467 e. The molecule has 3 N–H and O–H groups in total. The van der Waals surface area contributed by atoms with Gasteiger partial charge in [0.05, 0.1) is 13.7 Å². The lowest BCUT2D eigenvalue weighted by Crippen LogP contribution is -2.53. The molecule has 31 heavy (non-hydrogen) atoms. The van der Waals surface area contributed by atoms with Gasteiger partial charge in [0.25, 0.3) is 0 Å². The van der Waals surface area contributed by atoms with E-state index in [-0.39, 0.29) is 19.4 Å². The molecule has 0 radical (unpaired) electrons. The molecule has 1 aromatic rings. The Morgan fingerprint density at radius 2 is 1.68 bits per heavy atom. The minimum atomic E-state index is -1.36. The molecule has 0 aliphatic heterocycles. The highest BCUT2D eigenvalue weighted by Gasteiger charge is 2.28. The molecule has 0 unspecified atom stereocenters. The molecule has 0 saturated heterocycles. The van der Waals surface area contributed by atoms with Crippen LogP contribution in [0.4, 0.5) is 4.79 Å². The van der Waals surface area contributed by atoms with E-state index in [4.69, 9.17) is 9.47 Å². The van der Waals surface area contributed by atoms with Crippen LogP contribution in [0.1, 0.15) is 39.2 Å². The Bertz CT molecular complexity index is 745. The third kappa shape index (κ3) is 10.4. The number of rotatable bonds is 10. The van der Waals surface area contributed by atoms with Gasteiger partial charge in [-0.1, -0.05) is 30.3 Å². The second kappa shape index (κ2) is 12.5. The van der Waals surface area contributed by atoms with Crippen molar-refractivity contribution in [2.45, 2.75) is 57.9 Å². The maximum absolute atomic E-state index is 12.4. The zero-order valence-electron chi connectivity index (χ0n) is 18.2. The van der Waals surface area contributed by atoms with E-state index in [0.717, 1.165) is 12.7 Å². The first-order valence-corrected chi connectivity index (χ1v) is 9.74. The van der Waals surface area contributed by atoms with Gasteiger partial charge in [-0.2, -0.15) is 0 Å². The molecular weight excluding hydrogens is 408 g/mol. The third-order valence-electron chi connectivity index (χ3n) is 3.86. The summed E-state index contributed by atoms with van der Waals surface area (Å²) in [5.41, 5.74) is 0.0585.